The molecule has 1 atom stereocenters. The molecule has 3 heterocycles. The molecule has 1 saturated heterocycles. The maximum absolute atomic E-state index is 15.0. The number of aromatic nitrogens is 3. The zero-order chi connectivity index (χ0) is 29.4. The predicted molar refractivity (Wildman–Crippen MR) is 160 cm³/mol. The third kappa shape index (κ3) is 4.95. The van der Waals surface area contributed by atoms with Crippen LogP contribution in [-0.4, -0.2) is 56.1 Å². The largest absolute Gasteiger partial charge is 0.507 e. The van der Waals surface area contributed by atoms with Gasteiger partial charge in [0.2, 0.25) is 5.91 Å². The first kappa shape index (κ1) is 28.3. The first-order valence-corrected chi connectivity index (χ1v) is 14.0. The number of anilines is 1. The lowest BCUT2D eigenvalue weighted by Gasteiger charge is -2.40. The zero-order valence-corrected chi connectivity index (χ0v) is 24.0. The van der Waals surface area contributed by atoms with Gasteiger partial charge in [-0.3, -0.25) is 9.36 Å². The number of halogens is 2. The topological polar surface area (TPSA) is 91.6 Å². The molecule has 0 radical (unpaired) electrons. The van der Waals surface area contributed by atoms with Gasteiger partial charge in [-0.25, -0.2) is 14.2 Å². The summed E-state index contributed by atoms with van der Waals surface area (Å²) >= 11 is 6.68. The molecule has 1 fully saturated rings. The summed E-state index contributed by atoms with van der Waals surface area (Å²) in [5.74, 6) is -0.798. The number of piperazine rings is 1. The van der Waals surface area contributed by atoms with Crippen LogP contribution in [0.4, 0.5) is 10.2 Å². The second-order valence-electron chi connectivity index (χ2n) is 10.0. The Bertz CT molecular complexity index is 1700. The minimum atomic E-state index is -0.670. The summed E-state index contributed by atoms with van der Waals surface area (Å²) in [4.78, 5) is 39.1. The summed E-state index contributed by atoms with van der Waals surface area (Å²) < 4.78 is 16.6. The third-order valence-corrected chi connectivity index (χ3v) is 7.92. The van der Waals surface area contributed by atoms with Crippen molar-refractivity contribution >= 4 is 34.4 Å². The molecule has 5 rings (SSSR count). The highest BCUT2D eigenvalue weighted by atomic mass is 35.5. The van der Waals surface area contributed by atoms with E-state index in [-0.39, 0.29) is 34.0 Å². The molecular weight excluding hydrogens is 545 g/mol. The summed E-state index contributed by atoms with van der Waals surface area (Å²) in [6.45, 7) is 10.8. The molecule has 0 saturated carbocycles. The fraction of sp³-hybridized carbons (Fsp3) is 0.290. The molecule has 1 N–H and O–H groups in total. The van der Waals surface area contributed by atoms with Crippen LogP contribution in [0.3, 0.4) is 0 Å². The lowest BCUT2D eigenvalue weighted by molar-refractivity contribution is -0.126. The van der Waals surface area contributed by atoms with E-state index in [1.165, 1.54) is 28.8 Å². The Morgan fingerprint density at radius 2 is 1.83 bits per heavy atom. The number of benzene rings is 2. The van der Waals surface area contributed by atoms with Crippen molar-refractivity contribution in [3.8, 4) is 22.6 Å². The number of phenols is 1. The van der Waals surface area contributed by atoms with E-state index in [0.717, 1.165) is 11.1 Å². The number of carbonyl (C=O) groups is 1. The van der Waals surface area contributed by atoms with Gasteiger partial charge in [0, 0.05) is 31.2 Å². The lowest BCUT2D eigenvalue weighted by atomic mass is 10.0. The molecule has 0 bridgehead atoms. The Morgan fingerprint density at radius 3 is 2.44 bits per heavy atom. The summed E-state index contributed by atoms with van der Waals surface area (Å²) in [7, 11) is 0. The Hall–Kier alpha value is -4.24. The van der Waals surface area contributed by atoms with Crippen LogP contribution < -0.4 is 10.6 Å². The van der Waals surface area contributed by atoms with Gasteiger partial charge in [-0.05, 0) is 55.2 Å². The summed E-state index contributed by atoms with van der Waals surface area (Å²) in [5.41, 5.74) is 2.86. The van der Waals surface area contributed by atoms with Crippen molar-refractivity contribution in [2.24, 2.45) is 0 Å². The molecule has 4 aromatic rings. The van der Waals surface area contributed by atoms with E-state index in [1.807, 2.05) is 43.9 Å². The van der Waals surface area contributed by atoms with Crippen molar-refractivity contribution in [3.63, 3.8) is 0 Å². The number of nitrogens with zero attached hydrogens (tertiary/aromatic N) is 5. The van der Waals surface area contributed by atoms with E-state index in [0.29, 0.717) is 55.0 Å². The molecule has 2 aromatic carbocycles. The first-order valence-electron chi connectivity index (χ1n) is 13.6. The summed E-state index contributed by atoms with van der Waals surface area (Å²) in [6.07, 6.45) is 2.61. The number of aromatic hydroxyl groups is 1. The average Bonchev–Trinajstić information content (AvgIpc) is 2.96. The van der Waals surface area contributed by atoms with Crippen LogP contribution in [0.25, 0.3) is 27.8 Å². The predicted octanol–water partition coefficient (Wildman–Crippen LogP) is 5.29. The van der Waals surface area contributed by atoms with Crippen LogP contribution >= 0.6 is 11.6 Å². The van der Waals surface area contributed by atoms with E-state index in [9.17, 15) is 14.7 Å². The molecule has 10 heteroatoms. The van der Waals surface area contributed by atoms with Crippen LogP contribution in [-0.2, 0) is 17.6 Å². The van der Waals surface area contributed by atoms with Gasteiger partial charge in [0.25, 0.3) is 0 Å². The molecule has 0 aliphatic carbocycles. The Morgan fingerprint density at radius 1 is 1.15 bits per heavy atom. The number of hydrogen-bond donors (Lipinski definition) is 1. The van der Waals surface area contributed by atoms with Crippen molar-refractivity contribution in [3.05, 3.63) is 87.7 Å². The van der Waals surface area contributed by atoms with Crippen LogP contribution in [0.1, 0.15) is 31.9 Å². The van der Waals surface area contributed by atoms with Gasteiger partial charge in [-0.15, -0.1) is 0 Å². The van der Waals surface area contributed by atoms with Crippen molar-refractivity contribution in [2.45, 2.75) is 39.7 Å². The number of rotatable bonds is 6. The van der Waals surface area contributed by atoms with E-state index in [1.54, 1.807) is 11.0 Å². The van der Waals surface area contributed by atoms with Crippen molar-refractivity contribution in [1.29, 1.82) is 0 Å². The monoisotopic (exact) mass is 575 g/mol. The number of aryl methyl sites for hydroxylation is 2. The Labute approximate surface area is 242 Å². The van der Waals surface area contributed by atoms with Crippen LogP contribution in [0, 0.1) is 5.82 Å². The fourth-order valence-electron chi connectivity index (χ4n) is 5.59. The van der Waals surface area contributed by atoms with Crippen molar-refractivity contribution < 1.29 is 14.3 Å². The van der Waals surface area contributed by atoms with Gasteiger partial charge in [0.1, 0.15) is 22.2 Å². The Kier molecular flexibility index (Phi) is 7.82. The second-order valence-corrected chi connectivity index (χ2v) is 10.4. The molecular formula is C31H31ClFN5O3. The smallest absolute Gasteiger partial charge is 0.354 e. The standard InChI is InChI=1S/C31H31ClFN5O3/c1-5-19-10-8-11-20(6-2)28(19)38-23-16-21(26-22(33)12-9-13-24(26)39)29(32)34-27(23)30(35-31(38)41)37-15-14-36(17-18(37)4)25(40)7-3/h7-13,16,18,39H,3,5-6,14-15,17H2,1-2,4H3/t18-/m0/s1. The maximum Gasteiger partial charge on any atom is 0.354 e. The highest BCUT2D eigenvalue weighted by Gasteiger charge is 2.30. The lowest BCUT2D eigenvalue weighted by Crippen LogP contribution is -2.54. The molecule has 1 aliphatic heterocycles. The molecule has 0 unspecified atom stereocenters. The number of carbonyl (C=O) groups excluding carboxylic acids is 1. The maximum atomic E-state index is 15.0. The first-order chi connectivity index (χ1) is 19.7. The van der Waals surface area contributed by atoms with E-state index in [2.05, 4.69) is 16.5 Å². The molecule has 41 heavy (non-hydrogen) atoms. The number of hydrogen-bond acceptors (Lipinski definition) is 6. The van der Waals surface area contributed by atoms with Crippen molar-refractivity contribution in [1.82, 2.24) is 19.4 Å². The third-order valence-electron chi connectivity index (χ3n) is 7.64. The second kappa shape index (κ2) is 11.3. The van der Waals surface area contributed by atoms with Gasteiger partial charge in [0.05, 0.1) is 16.8 Å². The molecule has 212 valence electrons. The number of pyridine rings is 1. The van der Waals surface area contributed by atoms with Crippen LogP contribution in [0.5, 0.6) is 5.75 Å². The molecule has 8 nitrogen and oxygen atoms in total. The van der Waals surface area contributed by atoms with E-state index >= 15 is 4.39 Å². The van der Waals surface area contributed by atoms with Crippen molar-refractivity contribution in [2.75, 3.05) is 24.5 Å². The van der Waals surface area contributed by atoms with Gasteiger partial charge in [-0.1, -0.05) is 56.3 Å². The summed E-state index contributed by atoms with van der Waals surface area (Å²) in [5, 5.41) is 10.5. The number of amides is 1. The minimum Gasteiger partial charge on any atom is -0.507 e. The van der Waals surface area contributed by atoms with Gasteiger partial charge in [0.15, 0.2) is 5.82 Å². The van der Waals surface area contributed by atoms with Gasteiger partial charge >= 0.3 is 5.69 Å². The number of phenolic OH excluding ortho intramolecular Hbond substituents is 1. The molecule has 1 amide bonds. The van der Waals surface area contributed by atoms with Crippen LogP contribution in [0.2, 0.25) is 5.15 Å². The SMILES string of the molecule is C=CC(=O)N1CCN(c2nc(=O)n(-c3c(CC)cccc3CC)c3cc(-c4c(O)cccc4F)c(Cl)nc23)[C@@H](C)C1. The summed E-state index contributed by atoms with van der Waals surface area (Å²) in [6, 6.07) is 11.3. The molecule has 0 spiro atoms. The quantitative estimate of drug-likeness (QED) is 0.248. The normalized spacial score (nSPS) is 15.4. The average molecular weight is 576 g/mol. The molecule has 2 aromatic heterocycles. The zero-order valence-electron chi connectivity index (χ0n) is 23.2. The highest BCUT2D eigenvalue weighted by molar-refractivity contribution is 6.32. The molecule has 1 aliphatic rings. The van der Waals surface area contributed by atoms with E-state index < -0.39 is 11.5 Å². The number of fused-ring (bicyclic) bond motifs is 1. The Balaban J connectivity index is 1.83. The minimum absolute atomic E-state index is 0.0428. The van der Waals surface area contributed by atoms with E-state index in [4.69, 9.17) is 11.6 Å². The highest BCUT2D eigenvalue weighted by Crippen LogP contribution is 2.39. The van der Waals surface area contributed by atoms with Crippen LogP contribution in [0.15, 0.2) is 59.9 Å². The van der Waals surface area contributed by atoms with Gasteiger partial charge in [-0.2, -0.15) is 4.98 Å². The number of para-hydroxylation sites is 1. The van der Waals surface area contributed by atoms with Gasteiger partial charge < -0.3 is 14.9 Å². The fourth-order valence-corrected chi connectivity index (χ4v) is 5.82.